The Bertz CT molecular complexity index is 1070. The van der Waals surface area contributed by atoms with Crippen LogP contribution in [0.5, 0.6) is 0 Å². The van der Waals surface area contributed by atoms with E-state index in [0.717, 1.165) is 31.1 Å². The van der Waals surface area contributed by atoms with Gasteiger partial charge >= 0.3 is 5.97 Å². The molecule has 0 aliphatic heterocycles. The van der Waals surface area contributed by atoms with Gasteiger partial charge in [0.25, 0.3) is 0 Å². The monoisotopic (exact) mass is 482 g/mol. The number of hydrogen-bond donors (Lipinski definition) is 1. The van der Waals surface area contributed by atoms with Gasteiger partial charge in [-0.1, -0.05) is 105 Å². The van der Waals surface area contributed by atoms with Crippen LogP contribution < -0.4 is 0 Å². The van der Waals surface area contributed by atoms with Gasteiger partial charge < -0.3 is 5.11 Å². The fourth-order valence-electron chi connectivity index (χ4n) is 5.85. The molecule has 4 rings (SSSR count). The molecule has 1 aliphatic rings. The number of aryl methyl sites for hydroxylation is 1. The van der Waals surface area contributed by atoms with Crippen LogP contribution in [0.25, 0.3) is 22.3 Å². The van der Waals surface area contributed by atoms with Crippen LogP contribution >= 0.6 is 0 Å². The first-order valence-electron chi connectivity index (χ1n) is 14.1. The molecule has 36 heavy (non-hydrogen) atoms. The van der Waals surface area contributed by atoms with E-state index in [1.165, 1.54) is 84.7 Å². The van der Waals surface area contributed by atoms with E-state index in [2.05, 4.69) is 79.7 Å². The Morgan fingerprint density at radius 1 is 0.750 bits per heavy atom. The maximum Gasteiger partial charge on any atom is 0.303 e. The van der Waals surface area contributed by atoms with E-state index in [9.17, 15) is 4.79 Å². The van der Waals surface area contributed by atoms with E-state index in [1.807, 2.05) is 0 Å². The number of carboxylic acids is 1. The molecule has 0 heterocycles. The van der Waals surface area contributed by atoms with E-state index in [0.29, 0.717) is 0 Å². The van der Waals surface area contributed by atoms with Gasteiger partial charge in [0.1, 0.15) is 0 Å². The number of carbonyl (C=O) groups is 1. The van der Waals surface area contributed by atoms with Crippen molar-refractivity contribution >= 4 is 5.97 Å². The standard InChI is InChI=1S/C34H42O2/c1-2-3-4-9-26-14-18-28(19-15-26)29-22-24-31(25-23-29)33-12-7-6-11-32(33)30-20-16-27(17-21-30)10-5-8-13-34(35)36/h6-7,11-12,16-17,20-26,28H,2-5,8-10,13-15,18-19H2,1H3,(H,35,36)/t26-,28-. The molecular weight excluding hydrogens is 440 g/mol. The van der Waals surface area contributed by atoms with Crippen molar-refractivity contribution in [1.82, 2.24) is 0 Å². The van der Waals surface area contributed by atoms with Crippen molar-refractivity contribution < 1.29 is 9.90 Å². The maximum absolute atomic E-state index is 10.7. The average Bonchev–Trinajstić information content (AvgIpc) is 2.92. The number of benzene rings is 3. The summed E-state index contributed by atoms with van der Waals surface area (Å²) in [6.45, 7) is 2.30. The largest absolute Gasteiger partial charge is 0.481 e. The van der Waals surface area contributed by atoms with Gasteiger partial charge in [0.05, 0.1) is 0 Å². The summed E-state index contributed by atoms with van der Waals surface area (Å²) in [5.41, 5.74) is 7.82. The molecule has 0 unspecified atom stereocenters. The summed E-state index contributed by atoms with van der Waals surface area (Å²) in [4.78, 5) is 10.7. The van der Waals surface area contributed by atoms with Gasteiger partial charge in [-0.25, -0.2) is 0 Å². The summed E-state index contributed by atoms with van der Waals surface area (Å²) in [5, 5.41) is 8.82. The number of aliphatic carboxylic acids is 1. The van der Waals surface area contributed by atoms with E-state index in [1.54, 1.807) is 0 Å². The second-order valence-corrected chi connectivity index (χ2v) is 10.7. The van der Waals surface area contributed by atoms with Crippen molar-refractivity contribution in [2.24, 2.45) is 5.92 Å². The highest BCUT2D eigenvalue weighted by Gasteiger charge is 2.22. The van der Waals surface area contributed by atoms with E-state index in [-0.39, 0.29) is 6.42 Å². The zero-order chi connectivity index (χ0) is 25.2. The Morgan fingerprint density at radius 3 is 1.94 bits per heavy atom. The first-order chi connectivity index (χ1) is 17.6. The summed E-state index contributed by atoms with van der Waals surface area (Å²) in [6, 6.07) is 26.9. The van der Waals surface area contributed by atoms with Gasteiger partial charge in [0.2, 0.25) is 0 Å². The molecule has 1 N–H and O–H groups in total. The van der Waals surface area contributed by atoms with Gasteiger partial charge in [-0.05, 0) is 90.2 Å². The average molecular weight is 483 g/mol. The Hall–Kier alpha value is -2.87. The van der Waals surface area contributed by atoms with E-state index in [4.69, 9.17) is 5.11 Å². The zero-order valence-corrected chi connectivity index (χ0v) is 21.9. The quantitative estimate of drug-likeness (QED) is 0.261. The van der Waals surface area contributed by atoms with Crippen LogP contribution in [0.1, 0.15) is 94.6 Å². The SMILES string of the molecule is CCCCC[C@H]1CC[C@H](c2ccc(-c3ccccc3-c3ccc(CCCCC(=O)O)cc3)cc2)CC1. The second-order valence-electron chi connectivity index (χ2n) is 10.7. The Balaban J connectivity index is 1.39. The van der Waals surface area contributed by atoms with Crippen LogP contribution in [0, 0.1) is 5.92 Å². The molecule has 0 bridgehead atoms. The van der Waals surface area contributed by atoms with Crippen LogP contribution in [0.2, 0.25) is 0 Å². The smallest absolute Gasteiger partial charge is 0.303 e. The van der Waals surface area contributed by atoms with E-state index >= 15 is 0 Å². The normalized spacial score (nSPS) is 17.7. The molecule has 2 nitrogen and oxygen atoms in total. The number of rotatable bonds is 12. The summed E-state index contributed by atoms with van der Waals surface area (Å²) in [6.07, 6.45) is 13.9. The minimum absolute atomic E-state index is 0.255. The van der Waals surface area contributed by atoms with Gasteiger partial charge in [0.15, 0.2) is 0 Å². The third-order valence-corrected chi connectivity index (χ3v) is 8.05. The highest BCUT2D eigenvalue weighted by molar-refractivity contribution is 5.83. The topological polar surface area (TPSA) is 37.3 Å². The van der Waals surface area contributed by atoms with Crippen molar-refractivity contribution in [3.8, 4) is 22.3 Å². The molecule has 2 heteroatoms. The van der Waals surface area contributed by atoms with Gasteiger partial charge in [-0.2, -0.15) is 0 Å². The van der Waals surface area contributed by atoms with Gasteiger partial charge in [-0.3, -0.25) is 4.79 Å². The molecule has 1 aliphatic carbocycles. The van der Waals surface area contributed by atoms with Crippen molar-refractivity contribution in [1.29, 1.82) is 0 Å². The predicted molar refractivity (Wildman–Crippen MR) is 151 cm³/mol. The highest BCUT2D eigenvalue weighted by atomic mass is 16.4. The molecule has 1 saturated carbocycles. The summed E-state index contributed by atoms with van der Waals surface area (Å²) in [5.74, 6) is 0.968. The molecule has 1 fully saturated rings. The fourth-order valence-corrected chi connectivity index (χ4v) is 5.85. The van der Waals surface area contributed by atoms with E-state index < -0.39 is 5.97 Å². The van der Waals surface area contributed by atoms with Crippen LogP contribution in [-0.2, 0) is 11.2 Å². The molecule has 0 spiro atoms. The molecule has 0 saturated heterocycles. The molecule has 0 aromatic heterocycles. The Kier molecular flexibility index (Phi) is 9.78. The minimum atomic E-state index is -0.708. The third-order valence-electron chi connectivity index (χ3n) is 8.05. The predicted octanol–water partition coefficient (Wildman–Crippen LogP) is 9.67. The Morgan fingerprint density at radius 2 is 1.36 bits per heavy atom. The van der Waals surface area contributed by atoms with Crippen molar-refractivity contribution in [3.05, 3.63) is 83.9 Å². The number of hydrogen-bond acceptors (Lipinski definition) is 1. The lowest BCUT2D eigenvalue weighted by Gasteiger charge is -2.29. The lowest BCUT2D eigenvalue weighted by atomic mass is 9.77. The first kappa shape index (κ1) is 26.2. The van der Waals surface area contributed by atoms with Crippen LogP contribution in [0.3, 0.4) is 0 Å². The molecule has 0 amide bonds. The van der Waals surface area contributed by atoms with Gasteiger partial charge in [0, 0.05) is 6.42 Å². The summed E-state index contributed by atoms with van der Waals surface area (Å²) >= 11 is 0. The van der Waals surface area contributed by atoms with Gasteiger partial charge in [-0.15, -0.1) is 0 Å². The fraction of sp³-hybridized carbons (Fsp3) is 0.441. The molecule has 3 aromatic rings. The minimum Gasteiger partial charge on any atom is -0.481 e. The lowest BCUT2D eigenvalue weighted by molar-refractivity contribution is -0.137. The summed E-state index contributed by atoms with van der Waals surface area (Å²) < 4.78 is 0. The lowest BCUT2D eigenvalue weighted by Crippen LogP contribution is -2.13. The molecule has 3 aromatic carbocycles. The molecular formula is C34H42O2. The van der Waals surface area contributed by atoms with Crippen molar-refractivity contribution in [3.63, 3.8) is 0 Å². The molecule has 0 radical (unpaired) electrons. The second kappa shape index (κ2) is 13.4. The summed E-state index contributed by atoms with van der Waals surface area (Å²) in [7, 11) is 0. The molecule has 190 valence electrons. The Labute approximate surface area is 217 Å². The number of carboxylic acid groups (broad SMARTS) is 1. The first-order valence-corrected chi connectivity index (χ1v) is 14.1. The van der Waals surface area contributed by atoms with Crippen molar-refractivity contribution in [2.75, 3.05) is 0 Å². The zero-order valence-electron chi connectivity index (χ0n) is 21.9. The third kappa shape index (κ3) is 7.32. The van der Waals surface area contributed by atoms with Crippen LogP contribution in [0.4, 0.5) is 0 Å². The molecule has 0 atom stereocenters. The van der Waals surface area contributed by atoms with Crippen LogP contribution in [-0.4, -0.2) is 11.1 Å². The highest BCUT2D eigenvalue weighted by Crippen LogP contribution is 2.39. The maximum atomic E-state index is 10.7. The number of unbranched alkanes of at least 4 members (excludes halogenated alkanes) is 3. The van der Waals surface area contributed by atoms with Crippen LogP contribution in [0.15, 0.2) is 72.8 Å². The van der Waals surface area contributed by atoms with Crippen molar-refractivity contribution in [2.45, 2.75) is 89.9 Å².